The lowest BCUT2D eigenvalue weighted by Crippen LogP contribution is -2.08. The molecule has 0 aliphatic rings. The van der Waals surface area contributed by atoms with E-state index in [4.69, 9.17) is 4.74 Å². The summed E-state index contributed by atoms with van der Waals surface area (Å²) >= 11 is 0. The predicted molar refractivity (Wildman–Crippen MR) is 94.6 cm³/mol. The Labute approximate surface area is 145 Å². The van der Waals surface area contributed by atoms with Crippen molar-refractivity contribution < 1.29 is 19.1 Å². The average Bonchev–Trinajstić information content (AvgIpc) is 2.68. The van der Waals surface area contributed by atoms with E-state index in [1.54, 1.807) is 36.4 Å². The van der Waals surface area contributed by atoms with Crippen molar-refractivity contribution in [2.24, 2.45) is 0 Å². The molecule has 3 aromatic rings. The van der Waals surface area contributed by atoms with Gasteiger partial charge in [-0.3, -0.25) is 0 Å². The van der Waals surface area contributed by atoms with Crippen LogP contribution in [0.4, 0.5) is 0 Å². The van der Waals surface area contributed by atoms with Gasteiger partial charge in [0.2, 0.25) is 0 Å². The van der Waals surface area contributed by atoms with E-state index in [0.29, 0.717) is 16.9 Å². The van der Waals surface area contributed by atoms with E-state index >= 15 is 0 Å². The molecule has 0 radical (unpaired) electrons. The summed E-state index contributed by atoms with van der Waals surface area (Å²) in [5.41, 5.74) is 2.96. The fraction of sp³-hybridized carbons (Fsp3) is 0.0476. The van der Waals surface area contributed by atoms with Crippen LogP contribution in [0.3, 0.4) is 0 Å². The van der Waals surface area contributed by atoms with Gasteiger partial charge in [0, 0.05) is 0 Å². The summed E-state index contributed by atoms with van der Waals surface area (Å²) in [5.74, 6) is -0.524. The van der Waals surface area contributed by atoms with Crippen LogP contribution in [0.15, 0.2) is 78.9 Å². The van der Waals surface area contributed by atoms with Crippen molar-refractivity contribution in [3.63, 3.8) is 0 Å². The van der Waals surface area contributed by atoms with Crippen LogP contribution in [0.25, 0.3) is 11.1 Å². The van der Waals surface area contributed by atoms with Gasteiger partial charge < -0.3 is 9.47 Å². The Kier molecular flexibility index (Phi) is 4.90. The maximum atomic E-state index is 12.2. The highest BCUT2D eigenvalue weighted by molar-refractivity contribution is 5.92. The molecule has 3 rings (SSSR count). The average molecular weight is 332 g/mol. The quantitative estimate of drug-likeness (QED) is 0.526. The fourth-order valence-corrected chi connectivity index (χ4v) is 2.37. The molecule has 0 atom stereocenters. The molecule has 4 heteroatoms. The van der Waals surface area contributed by atoms with Crippen molar-refractivity contribution >= 4 is 11.9 Å². The topological polar surface area (TPSA) is 52.6 Å². The first-order valence-corrected chi connectivity index (χ1v) is 7.73. The van der Waals surface area contributed by atoms with Crippen molar-refractivity contribution in [3.05, 3.63) is 90.0 Å². The highest BCUT2D eigenvalue weighted by Gasteiger charge is 2.10. The molecular formula is C21H16O4. The summed E-state index contributed by atoms with van der Waals surface area (Å²) in [5, 5.41) is 0. The fourth-order valence-electron chi connectivity index (χ4n) is 2.37. The lowest BCUT2D eigenvalue weighted by atomic mass is 10.0. The second-order valence-electron chi connectivity index (χ2n) is 5.35. The molecule has 4 nitrogen and oxygen atoms in total. The van der Waals surface area contributed by atoms with E-state index in [0.717, 1.165) is 11.1 Å². The summed E-state index contributed by atoms with van der Waals surface area (Å²) in [6, 6.07) is 23.3. The van der Waals surface area contributed by atoms with Crippen LogP contribution in [0.5, 0.6) is 5.75 Å². The molecule has 124 valence electrons. The Balaban J connectivity index is 1.70. The van der Waals surface area contributed by atoms with E-state index in [2.05, 4.69) is 4.74 Å². The van der Waals surface area contributed by atoms with Gasteiger partial charge in [-0.05, 0) is 47.5 Å². The molecule has 0 spiro atoms. The molecular weight excluding hydrogens is 316 g/mol. The number of esters is 2. The number of carbonyl (C=O) groups excluding carboxylic acids is 2. The Morgan fingerprint density at radius 3 is 1.76 bits per heavy atom. The van der Waals surface area contributed by atoms with E-state index in [1.807, 2.05) is 42.5 Å². The van der Waals surface area contributed by atoms with E-state index < -0.39 is 11.9 Å². The lowest BCUT2D eigenvalue weighted by Gasteiger charge is -2.06. The standard InChI is InChI=1S/C21H16O4/c1-24-20(22)17-11-13-19(14-12-17)25-21(23)18-9-7-16(8-10-18)15-5-3-2-4-6-15/h2-14H,1H3. The molecule has 0 saturated heterocycles. The molecule has 0 heterocycles. The number of rotatable bonds is 4. The van der Waals surface area contributed by atoms with Gasteiger partial charge in [0.25, 0.3) is 0 Å². The first kappa shape index (κ1) is 16.5. The summed E-state index contributed by atoms with van der Waals surface area (Å²) < 4.78 is 9.95. The highest BCUT2D eigenvalue weighted by Crippen LogP contribution is 2.20. The molecule has 0 fully saturated rings. The number of hydrogen-bond donors (Lipinski definition) is 0. The molecule has 0 aliphatic carbocycles. The van der Waals surface area contributed by atoms with Gasteiger partial charge in [0.1, 0.15) is 5.75 Å². The number of carbonyl (C=O) groups is 2. The number of hydrogen-bond acceptors (Lipinski definition) is 4. The van der Waals surface area contributed by atoms with Crippen LogP contribution in [-0.4, -0.2) is 19.0 Å². The van der Waals surface area contributed by atoms with Gasteiger partial charge in [-0.1, -0.05) is 42.5 Å². The third kappa shape index (κ3) is 3.93. The van der Waals surface area contributed by atoms with Crippen LogP contribution in [-0.2, 0) is 4.74 Å². The molecule has 0 aromatic heterocycles. The minimum absolute atomic E-state index is 0.366. The summed E-state index contributed by atoms with van der Waals surface area (Å²) in [7, 11) is 1.31. The van der Waals surface area contributed by atoms with Crippen molar-refractivity contribution in [2.45, 2.75) is 0 Å². The molecule has 3 aromatic carbocycles. The maximum absolute atomic E-state index is 12.2. The third-order valence-electron chi connectivity index (χ3n) is 3.71. The first-order chi connectivity index (χ1) is 12.2. The maximum Gasteiger partial charge on any atom is 0.343 e. The molecule has 25 heavy (non-hydrogen) atoms. The van der Waals surface area contributed by atoms with Crippen molar-refractivity contribution in [1.82, 2.24) is 0 Å². The molecule has 0 saturated carbocycles. The van der Waals surface area contributed by atoms with Crippen LogP contribution >= 0.6 is 0 Å². The number of methoxy groups -OCH3 is 1. The largest absolute Gasteiger partial charge is 0.465 e. The van der Waals surface area contributed by atoms with Crippen LogP contribution in [0.2, 0.25) is 0 Å². The van der Waals surface area contributed by atoms with Gasteiger partial charge >= 0.3 is 11.9 Å². The van der Waals surface area contributed by atoms with Crippen LogP contribution in [0.1, 0.15) is 20.7 Å². The van der Waals surface area contributed by atoms with Gasteiger partial charge in [-0.2, -0.15) is 0 Å². The van der Waals surface area contributed by atoms with Crippen LogP contribution < -0.4 is 4.74 Å². The monoisotopic (exact) mass is 332 g/mol. The van der Waals surface area contributed by atoms with Gasteiger partial charge in [-0.25, -0.2) is 9.59 Å². The molecule has 0 bridgehead atoms. The second-order valence-corrected chi connectivity index (χ2v) is 5.35. The van der Waals surface area contributed by atoms with Crippen molar-refractivity contribution in [2.75, 3.05) is 7.11 Å². The lowest BCUT2D eigenvalue weighted by molar-refractivity contribution is 0.0600. The zero-order valence-corrected chi connectivity index (χ0v) is 13.6. The normalized spacial score (nSPS) is 10.1. The van der Waals surface area contributed by atoms with Gasteiger partial charge in [-0.15, -0.1) is 0 Å². The first-order valence-electron chi connectivity index (χ1n) is 7.73. The van der Waals surface area contributed by atoms with E-state index in [-0.39, 0.29) is 0 Å². The van der Waals surface area contributed by atoms with E-state index in [1.165, 1.54) is 7.11 Å². The van der Waals surface area contributed by atoms with Crippen LogP contribution in [0, 0.1) is 0 Å². The SMILES string of the molecule is COC(=O)c1ccc(OC(=O)c2ccc(-c3ccccc3)cc2)cc1. The number of benzene rings is 3. The Hall–Kier alpha value is -3.40. The Morgan fingerprint density at radius 1 is 0.640 bits per heavy atom. The molecule has 0 amide bonds. The minimum atomic E-state index is -0.453. The molecule has 0 unspecified atom stereocenters. The van der Waals surface area contributed by atoms with Gasteiger partial charge in [0.05, 0.1) is 18.2 Å². The zero-order valence-electron chi connectivity index (χ0n) is 13.6. The van der Waals surface area contributed by atoms with E-state index in [9.17, 15) is 9.59 Å². The Morgan fingerprint density at radius 2 is 1.16 bits per heavy atom. The number of ether oxygens (including phenoxy) is 2. The minimum Gasteiger partial charge on any atom is -0.465 e. The Bertz CT molecular complexity index is 866. The van der Waals surface area contributed by atoms with Crippen molar-refractivity contribution in [3.8, 4) is 16.9 Å². The third-order valence-corrected chi connectivity index (χ3v) is 3.71. The molecule has 0 aliphatic heterocycles. The highest BCUT2D eigenvalue weighted by atomic mass is 16.5. The zero-order chi connectivity index (χ0) is 17.6. The summed E-state index contributed by atoms with van der Waals surface area (Å²) in [6.07, 6.45) is 0. The van der Waals surface area contributed by atoms with Gasteiger partial charge in [0.15, 0.2) is 0 Å². The summed E-state index contributed by atoms with van der Waals surface area (Å²) in [4.78, 5) is 23.6. The smallest absolute Gasteiger partial charge is 0.343 e. The molecule has 0 N–H and O–H groups in total. The predicted octanol–water partition coefficient (Wildman–Crippen LogP) is 4.36. The second kappa shape index (κ2) is 7.45. The van der Waals surface area contributed by atoms with Crippen molar-refractivity contribution in [1.29, 1.82) is 0 Å². The summed E-state index contributed by atoms with van der Waals surface area (Å²) in [6.45, 7) is 0.